The zero-order chi connectivity index (χ0) is 12.8. The molecule has 0 spiro atoms. The van der Waals surface area contributed by atoms with Crippen molar-refractivity contribution in [1.82, 2.24) is 0 Å². The molecule has 104 valence electrons. The zero-order valence-corrected chi connectivity index (χ0v) is 12.4. The Bertz CT molecular complexity index is 142. The molecule has 0 bridgehead atoms. The molecule has 4 N–H and O–H groups in total. The average molecular weight is 260 g/mol. The third-order valence-corrected chi connectivity index (χ3v) is 4.43. The number of hydrogen-bond acceptors (Lipinski definition) is 3. The predicted octanol–water partition coefficient (Wildman–Crippen LogP) is 3.39. The van der Waals surface area contributed by atoms with E-state index in [2.05, 4.69) is 18.7 Å². The molecule has 0 aliphatic heterocycles. The van der Waals surface area contributed by atoms with Crippen molar-refractivity contribution in [3.63, 3.8) is 0 Å². The molecule has 2 nitrogen and oxygen atoms in total. The molecule has 0 fully saturated rings. The van der Waals surface area contributed by atoms with Crippen molar-refractivity contribution in [3.8, 4) is 0 Å². The van der Waals surface area contributed by atoms with E-state index < -0.39 is 0 Å². The highest BCUT2D eigenvalue weighted by Gasteiger charge is 2.05. The monoisotopic (exact) mass is 260 g/mol. The van der Waals surface area contributed by atoms with Gasteiger partial charge in [-0.25, -0.2) is 0 Å². The maximum Gasteiger partial charge on any atom is -0.00271 e. The van der Waals surface area contributed by atoms with Crippen LogP contribution in [0.15, 0.2) is 0 Å². The van der Waals surface area contributed by atoms with Gasteiger partial charge in [0.2, 0.25) is 0 Å². The largest absolute Gasteiger partial charge is 0.330 e. The van der Waals surface area contributed by atoms with Gasteiger partial charge in [-0.1, -0.05) is 39.0 Å². The number of nitrogens with two attached hydrogens (primary N) is 2. The third kappa shape index (κ3) is 12.5. The van der Waals surface area contributed by atoms with Gasteiger partial charge in [0.25, 0.3) is 0 Å². The predicted molar refractivity (Wildman–Crippen MR) is 81.5 cm³/mol. The van der Waals surface area contributed by atoms with Crippen molar-refractivity contribution in [2.45, 2.75) is 58.3 Å². The second-order valence-corrected chi connectivity index (χ2v) is 6.03. The van der Waals surface area contributed by atoms with E-state index in [0.717, 1.165) is 19.5 Å². The highest BCUT2D eigenvalue weighted by molar-refractivity contribution is 7.99. The highest BCUT2D eigenvalue weighted by Crippen LogP contribution is 2.15. The van der Waals surface area contributed by atoms with Gasteiger partial charge in [-0.05, 0) is 49.8 Å². The molecule has 0 aromatic carbocycles. The summed E-state index contributed by atoms with van der Waals surface area (Å²) in [5.74, 6) is 3.22. The first-order chi connectivity index (χ1) is 8.35. The molecule has 1 unspecified atom stereocenters. The summed E-state index contributed by atoms with van der Waals surface area (Å²) in [6.45, 7) is 3.90. The lowest BCUT2D eigenvalue weighted by atomic mass is 10.1. The van der Waals surface area contributed by atoms with Crippen LogP contribution < -0.4 is 11.5 Å². The van der Waals surface area contributed by atoms with Crippen LogP contribution in [0.5, 0.6) is 0 Å². The summed E-state index contributed by atoms with van der Waals surface area (Å²) in [5, 5.41) is 0. The quantitative estimate of drug-likeness (QED) is 0.499. The molecule has 0 aromatic heterocycles. The van der Waals surface area contributed by atoms with Crippen molar-refractivity contribution in [3.05, 3.63) is 0 Å². The van der Waals surface area contributed by atoms with E-state index in [9.17, 15) is 0 Å². The molecule has 0 amide bonds. The molecular weight excluding hydrogens is 228 g/mol. The van der Waals surface area contributed by atoms with E-state index in [1.807, 2.05) is 0 Å². The number of unbranched alkanes of at least 4 members (excludes halogenated alkanes) is 5. The van der Waals surface area contributed by atoms with Gasteiger partial charge >= 0.3 is 0 Å². The van der Waals surface area contributed by atoms with Gasteiger partial charge < -0.3 is 11.5 Å². The molecule has 0 aromatic rings. The Labute approximate surface area is 112 Å². The normalized spacial score (nSPS) is 12.9. The van der Waals surface area contributed by atoms with Gasteiger partial charge in [-0.15, -0.1) is 0 Å². The Morgan fingerprint density at radius 3 is 2.29 bits per heavy atom. The van der Waals surface area contributed by atoms with Crippen molar-refractivity contribution in [1.29, 1.82) is 0 Å². The van der Waals surface area contributed by atoms with Gasteiger partial charge in [-0.2, -0.15) is 11.8 Å². The summed E-state index contributed by atoms with van der Waals surface area (Å²) < 4.78 is 0. The molecule has 0 saturated heterocycles. The van der Waals surface area contributed by atoms with Crippen LogP contribution in [0.4, 0.5) is 0 Å². The zero-order valence-electron chi connectivity index (χ0n) is 11.6. The SMILES string of the molecule is CCCCCCCCSCC(CN)CCCN. The summed E-state index contributed by atoms with van der Waals surface area (Å²) in [6.07, 6.45) is 10.7. The third-order valence-electron chi connectivity index (χ3n) is 3.15. The van der Waals surface area contributed by atoms with Crippen LogP contribution in [-0.4, -0.2) is 24.6 Å². The van der Waals surface area contributed by atoms with Crippen LogP contribution in [0.3, 0.4) is 0 Å². The fourth-order valence-electron chi connectivity index (χ4n) is 1.91. The molecule has 17 heavy (non-hydrogen) atoms. The van der Waals surface area contributed by atoms with Crippen molar-refractivity contribution < 1.29 is 0 Å². The maximum absolute atomic E-state index is 5.76. The molecule has 0 rings (SSSR count). The molecule has 0 radical (unpaired) electrons. The van der Waals surface area contributed by atoms with E-state index in [4.69, 9.17) is 11.5 Å². The summed E-state index contributed by atoms with van der Waals surface area (Å²) in [4.78, 5) is 0. The lowest BCUT2D eigenvalue weighted by molar-refractivity contribution is 0.533. The summed E-state index contributed by atoms with van der Waals surface area (Å²) in [7, 11) is 0. The summed E-state index contributed by atoms with van der Waals surface area (Å²) in [6, 6.07) is 0. The van der Waals surface area contributed by atoms with Crippen molar-refractivity contribution >= 4 is 11.8 Å². The van der Waals surface area contributed by atoms with E-state index in [-0.39, 0.29) is 0 Å². The van der Waals surface area contributed by atoms with Gasteiger partial charge in [0.1, 0.15) is 0 Å². The van der Waals surface area contributed by atoms with Gasteiger partial charge in [0, 0.05) is 0 Å². The Balaban J connectivity index is 3.19. The Morgan fingerprint density at radius 1 is 0.941 bits per heavy atom. The fraction of sp³-hybridized carbons (Fsp3) is 1.00. The summed E-state index contributed by atoms with van der Waals surface area (Å²) in [5.41, 5.74) is 11.3. The van der Waals surface area contributed by atoms with Gasteiger partial charge in [-0.3, -0.25) is 0 Å². The van der Waals surface area contributed by atoms with Crippen LogP contribution in [0.1, 0.15) is 58.3 Å². The lowest BCUT2D eigenvalue weighted by Gasteiger charge is -2.13. The second kappa shape index (κ2) is 14.3. The van der Waals surface area contributed by atoms with Crippen LogP contribution in [0, 0.1) is 5.92 Å². The number of rotatable bonds is 13. The minimum absolute atomic E-state index is 0.684. The first-order valence-corrected chi connectivity index (χ1v) is 8.48. The number of hydrogen-bond donors (Lipinski definition) is 2. The minimum atomic E-state index is 0.684. The first kappa shape index (κ1) is 17.3. The van der Waals surface area contributed by atoms with Crippen LogP contribution in [-0.2, 0) is 0 Å². The standard InChI is InChI=1S/C14H32N2S/c1-2-3-4-5-6-7-11-17-13-14(12-16)9-8-10-15/h14H,2-13,15-16H2,1H3. The minimum Gasteiger partial charge on any atom is -0.330 e. The Hall–Kier alpha value is 0.270. The molecule has 0 heterocycles. The lowest BCUT2D eigenvalue weighted by Crippen LogP contribution is -2.18. The van der Waals surface area contributed by atoms with Crippen LogP contribution in [0.25, 0.3) is 0 Å². The average Bonchev–Trinajstić information content (AvgIpc) is 2.36. The Kier molecular flexibility index (Phi) is 14.6. The highest BCUT2D eigenvalue weighted by atomic mass is 32.2. The summed E-state index contributed by atoms with van der Waals surface area (Å²) >= 11 is 2.08. The second-order valence-electron chi connectivity index (χ2n) is 4.88. The molecule has 0 saturated carbocycles. The van der Waals surface area contributed by atoms with Crippen molar-refractivity contribution in [2.24, 2.45) is 17.4 Å². The van der Waals surface area contributed by atoms with Gasteiger partial charge in [0.05, 0.1) is 0 Å². The van der Waals surface area contributed by atoms with E-state index in [1.165, 1.54) is 56.5 Å². The van der Waals surface area contributed by atoms with E-state index in [0.29, 0.717) is 5.92 Å². The van der Waals surface area contributed by atoms with Crippen LogP contribution in [0.2, 0.25) is 0 Å². The van der Waals surface area contributed by atoms with E-state index >= 15 is 0 Å². The van der Waals surface area contributed by atoms with E-state index in [1.54, 1.807) is 0 Å². The molecular formula is C14H32N2S. The topological polar surface area (TPSA) is 52.0 Å². The molecule has 3 heteroatoms. The number of thioether (sulfide) groups is 1. The van der Waals surface area contributed by atoms with Crippen LogP contribution >= 0.6 is 11.8 Å². The molecule has 0 aliphatic rings. The first-order valence-electron chi connectivity index (χ1n) is 7.33. The Morgan fingerprint density at radius 2 is 1.65 bits per heavy atom. The fourth-order valence-corrected chi connectivity index (χ4v) is 3.12. The smallest absolute Gasteiger partial charge is 0.00271 e. The maximum atomic E-state index is 5.76. The van der Waals surface area contributed by atoms with Crippen molar-refractivity contribution in [2.75, 3.05) is 24.6 Å². The van der Waals surface area contributed by atoms with Gasteiger partial charge in [0.15, 0.2) is 0 Å². The molecule has 0 aliphatic carbocycles. The molecule has 1 atom stereocenters.